The van der Waals surface area contributed by atoms with Crippen molar-refractivity contribution >= 4 is 28.8 Å². The number of hydrogen-bond acceptors (Lipinski definition) is 4. The molecule has 1 aliphatic rings. The van der Waals surface area contributed by atoms with Crippen LogP contribution < -0.4 is 0 Å². The van der Waals surface area contributed by atoms with Crippen LogP contribution in [0.4, 0.5) is 0 Å². The number of thiazole rings is 1. The molecule has 2 aromatic carbocycles. The van der Waals surface area contributed by atoms with Gasteiger partial charge in [-0.15, -0.1) is 11.3 Å². The molecule has 0 unspecified atom stereocenters. The molecule has 28 heavy (non-hydrogen) atoms. The van der Waals surface area contributed by atoms with Crippen LogP contribution in [0.5, 0.6) is 0 Å². The van der Waals surface area contributed by atoms with Crippen molar-refractivity contribution in [3.05, 3.63) is 76.3 Å². The Morgan fingerprint density at radius 2 is 1.82 bits per heavy atom. The standard InChI is InChI=1S/C22H21ClN2O2S/c23-19-9-5-4-8-18(19)21-24-14-20(28-21)22(26)25-12-10-17(11-13-25)27-15-16-6-2-1-3-7-16/h1-9,14,17H,10-13,15H2. The van der Waals surface area contributed by atoms with E-state index in [2.05, 4.69) is 17.1 Å². The third-order valence-corrected chi connectivity index (χ3v) is 6.23. The molecule has 1 fully saturated rings. The highest BCUT2D eigenvalue weighted by Crippen LogP contribution is 2.31. The van der Waals surface area contributed by atoms with Gasteiger partial charge in [0.05, 0.1) is 23.9 Å². The number of benzene rings is 2. The first-order valence-electron chi connectivity index (χ1n) is 9.36. The van der Waals surface area contributed by atoms with E-state index in [1.165, 1.54) is 16.9 Å². The molecular formula is C22H21ClN2O2S. The Hall–Kier alpha value is -2.21. The number of hydrogen-bond donors (Lipinski definition) is 0. The zero-order chi connectivity index (χ0) is 19.3. The number of amides is 1. The number of carbonyl (C=O) groups is 1. The summed E-state index contributed by atoms with van der Waals surface area (Å²) in [5, 5.41) is 1.42. The predicted molar refractivity (Wildman–Crippen MR) is 113 cm³/mol. The van der Waals surface area contributed by atoms with E-state index in [1.807, 2.05) is 47.4 Å². The highest BCUT2D eigenvalue weighted by Gasteiger charge is 2.25. The fourth-order valence-electron chi connectivity index (χ4n) is 3.30. The van der Waals surface area contributed by atoms with Crippen molar-refractivity contribution in [2.45, 2.75) is 25.6 Å². The number of aromatic nitrogens is 1. The molecule has 0 saturated carbocycles. The molecule has 1 aromatic heterocycles. The van der Waals surface area contributed by atoms with Crippen molar-refractivity contribution in [2.24, 2.45) is 0 Å². The van der Waals surface area contributed by atoms with Crippen LogP contribution in [0.3, 0.4) is 0 Å². The molecule has 4 nitrogen and oxygen atoms in total. The molecule has 1 aliphatic heterocycles. The lowest BCUT2D eigenvalue weighted by molar-refractivity contribution is -0.000275. The highest BCUT2D eigenvalue weighted by molar-refractivity contribution is 7.17. The lowest BCUT2D eigenvalue weighted by atomic mass is 10.1. The van der Waals surface area contributed by atoms with Gasteiger partial charge in [0.2, 0.25) is 0 Å². The molecule has 144 valence electrons. The number of nitrogens with zero attached hydrogens (tertiary/aromatic N) is 2. The minimum absolute atomic E-state index is 0.0392. The molecule has 4 rings (SSSR count). The molecule has 2 heterocycles. The van der Waals surface area contributed by atoms with Gasteiger partial charge in [-0.1, -0.05) is 60.1 Å². The van der Waals surface area contributed by atoms with Crippen LogP contribution in [0, 0.1) is 0 Å². The first kappa shape index (κ1) is 19.1. The summed E-state index contributed by atoms with van der Waals surface area (Å²) < 4.78 is 6.02. The molecule has 3 aromatic rings. The van der Waals surface area contributed by atoms with E-state index in [0.717, 1.165) is 23.4 Å². The van der Waals surface area contributed by atoms with Gasteiger partial charge in [-0.25, -0.2) is 4.98 Å². The topological polar surface area (TPSA) is 42.4 Å². The van der Waals surface area contributed by atoms with Crippen molar-refractivity contribution < 1.29 is 9.53 Å². The maximum absolute atomic E-state index is 12.8. The third kappa shape index (κ3) is 4.43. The van der Waals surface area contributed by atoms with Gasteiger partial charge in [0.25, 0.3) is 5.91 Å². The molecule has 1 saturated heterocycles. The SMILES string of the molecule is O=C(c1cnc(-c2ccccc2Cl)s1)N1CCC(OCc2ccccc2)CC1. The van der Waals surface area contributed by atoms with Gasteiger partial charge in [-0.05, 0) is 24.5 Å². The molecule has 0 spiro atoms. The highest BCUT2D eigenvalue weighted by atomic mass is 35.5. The zero-order valence-electron chi connectivity index (χ0n) is 15.4. The van der Waals surface area contributed by atoms with Crippen molar-refractivity contribution in [2.75, 3.05) is 13.1 Å². The summed E-state index contributed by atoms with van der Waals surface area (Å²) in [7, 11) is 0. The smallest absolute Gasteiger partial charge is 0.265 e. The second kappa shape index (κ2) is 8.86. The number of likely N-dealkylation sites (tertiary alicyclic amines) is 1. The van der Waals surface area contributed by atoms with Crippen LogP contribution in [0.2, 0.25) is 5.02 Å². The van der Waals surface area contributed by atoms with Gasteiger partial charge < -0.3 is 9.64 Å². The van der Waals surface area contributed by atoms with E-state index in [4.69, 9.17) is 16.3 Å². The second-order valence-corrected chi connectivity index (χ2v) is 8.24. The van der Waals surface area contributed by atoms with Gasteiger partial charge >= 0.3 is 0 Å². The minimum atomic E-state index is 0.0392. The molecule has 0 N–H and O–H groups in total. The molecule has 0 bridgehead atoms. The maximum atomic E-state index is 12.8. The minimum Gasteiger partial charge on any atom is -0.373 e. The van der Waals surface area contributed by atoms with Crippen molar-refractivity contribution in [1.82, 2.24) is 9.88 Å². The van der Waals surface area contributed by atoms with Crippen LogP contribution in [0.15, 0.2) is 60.8 Å². The first-order chi connectivity index (χ1) is 13.7. The fourth-order valence-corrected chi connectivity index (χ4v) is 4.51. The van der Waals surface area contributed by atoms with E-state index in [-0.39, 0.29) is 12.0 Å². The van der Waals surface area contributed by atoms with Gasteiger partial charge in [-0.3, -0.25) is 4.79 Å². The van der Waals surface area contributed by atoms with E-state index in [1.54, 1.807) is 6.20 Å². The van der Waals surface area contributed by atoms with Crippen molar-refractivity contribution in [1.29, 1.82) is 0 Å². The molecule has 0 atom stereocenters. The Balaban J connectivity index is 1.32. The maximum Gasteiger partial charge on any atom is 0.265 e. The van der Waals surface area contributed by atoms with Crippen molar-refractivity contribution in [3.8, 4) is 10.6 Å². The largest absolute Gasteiger partial charge is 0.373 e. The Kier molecular flexibility index (Phi) is 6.05. The summed E-state index contributed by atoms with van der Waals surface area (Å²) in [6.07, 6.45) is 3.57. The summed E-state index contributed by atoms with van der Waals surface area (Å²) in [5.41, 5.74) is 2.04. The van der Waals surface area contributed by atoms with E-state index in [9.17, 15) is 4.79 Å². The molecule has 0 radical (unpaired) electrons. The Morgan fingerprint density at radius 1 is 1.11 bits per heavy atom. The summed E-state index contributed by atoms with van der Waals surface area (Å²) in [4.78, 5) is 19.8. The fraction of sp³-hybridized carbons (Fsp3) is 0.273. The number of piperidine rings is 1. The van der Waals surface area contributed by atoms with Gasteiger partial charge in [0.15, 0.2) is 0 Å². The number of carbonyl (C=O) groups excluding carboxylic acids is 1. The molecular weight excluding hydrogens is 392 g/mol. The Bertz CT molecular complexity index is 936. The Morgan fingerprint density at radius 3 is 2.57 bits per heavy atom. The van der Waals surface area contributed by atoms with Gasteiger partial charge in [0, 0.05) is 18.7 Å². The van der Waals surface area contributed by atoms with Crippen LogP contribution in [0.25, 0.3) is 10.6 Å². The quantitative estimate of drug-likeness (QED) is 0.572. The molecule has 0 aliphatic carbocycles. The van der Waals surface area contributed by atoms with Crippen LogP contribution >= 0.6 is 22.9 Å². The van der Waals surface area contributed by atoms with E-state index < -0.39 is 0 Å². The number of halogens is 1. The second-order valence-electron chi connectivity index (χ2n) is 6.80. The van der Waals surface area contributed by atoms with Crippen LogP contribution in [-0.2, 0) is 11.3 Å². The third-order valence-electron chi connectivity index (χ3n) is 4.88. The van der Waals surface area contributed by atoms with Gasteiger partial charge in [-0.2, -0.15) is 0 Å². The number of ether oxygens (including phenoxy) is 1. The summed E-state index contributed by atoms with van der Waals surface area (Å²) >= 11 is 7.64. The summed E-state index contributed by atoms with van der Waals surface area (Å²) in [6.45, 7) is 2.03. The van der Waals surface area contributed by atoms with Crippen molar-refractivity contribution in [3.63, 3.8) is 0 Å². The number of rotatable bonds is 5. The van der Waals surface area contributed by atoms with E-state index >= 15 is 0 Å². The lowest BCUT2D eigenvalue weighted by Gasteiger charge is -2.31. The first-order valence-corrected chi connectivity index (χ1v) is 10.6. The van der Waals surface area contributed by atoms with E-state index in [0.29, 0.717) is 29.6 Å². The monoisotopic (exact) mass is 412 g/mol. The lowest BCUT2D eigenvalue weighted by Crippen LogP contribution is -2.40. The average molecular weight is 413 g/mol. The van der Waals surface area contributed by atoms with Crippen LogP contribution in [0.1, 0.15) is 28.1 Å². The summed E-state index contributed by atoms with van der Waals surface area (Å²) in [5.74, 6) is 0.0392. The summed E-state index contributed by atoms with van der Waals surface area (Å²) in [6, 6.07) is 17.7. The predicted octanol–water partition coefficient (Wildman–Crippen LogP) is 5.28. The zero-order valence-corrected chi connectivity index (χ0v) is 17.0. The van der Waals surface area contributed by atoms with Crippen LogP contribution in [-0.4, -0.2) is 35.0 Å². The molecule has 1 amide bonds. The normalized spacial score (nSPS) is 15.0. The average Bonchev–Trinajstić information content (AvgIpc) is 3.23. The molecule has 6 heteroatoms. The van der Waals surface area contributed by atoms with Gasteiger partial charge in [0.1, 0.15) is 9.88 Å². The Labute approximate surface area is 173 Å².